The number of hydrogen-bond acceptors (Lipinski definition) is 4. The summed E-state index contributed by atoms with van der Waals surface area (Å²) in [5, 5.41) is 7.43. The molecule has 2 amide bonds. The van der Waals surface area contributed by atoms with Crippen molar-refractivity contribution in [3.05, 3.63) is 86.8 Å². The van der Waals surface area contributed by atoms with Crippen molar-refractivity contribution in [3.63, 3.8) is 0 Å². The lowest BCUT2D eigenvalue weighted by Gasteiger charge is -2.14. The van der Waals surface area contributed by atoms with Crippen LogP contribution in [0.5, 0.6) is 11.5 Å². The maximum Gasteiger partial charge on any atom is 0.339 e. The van der Waals surface area contributed by atoms with E-state index in [1.165, 1.54) is 6.21 Å². The average Bonchev–Trinajstić information content (AvgIpc) is 2.77. The van der Waals surface area contributed by atoms with Crippen LogP contribution in [-0.2, 0) is 6.61 Å². The van der Waals surface area contributed by atoms with Gasteiger partial charge in [-0.3, -0.25) is 0 Å². The summed E-state index contributed by atoms with van der Waals surface area (Å²) >= 11 is 9.74. The zero-order valence-corrected chi connectivity index (χ0v) is 20.0. The Labute approximate surface area is 200 Å². The fourth-order valence-corrected chi connectivity index (χ4v) is 3.44. The fraction of sp³-hybridized carbons (Fsp3) is 0.167. The summed E-state index contributed by atoms with van der Waals surface area (Å²) in [6.45, 7) is 4.59. The van der Waals surface area contributed by atoms with Crippen molar-refractivity contribution in [2.45, 2.75) is 20.5 Å². The molecule has 166 valence electrons. The molecule has 3 rings (SSSR count). The topological polar surface area (TPSA) is 72.0 Å². The van der Waals surface area contributed by atoms with Gasteiger partial charge in [0.2, 0.25) is 0 Å². The largest absolute Gasteiger partial charge is 0.490 e. The Morgan fingerprint density at radius 1 is 1.09 bits per heavy atom. The third-order valence-corrected chi connectivity index (χ3v) is 5.52. The SMILES string of the molecule is CCOc1cc(C=NNC(=O)Nc2ccccc2C)c(Br)cc1OCc1ccccc1Cl. The minimum absolute atomic E-state index is 0.306. The molecule has 3 aromatic carbocycles. The molecule has 0 spiro atoms. The van der Waals surface area contributed by atoms with Crippen molar-refractivity contribution in [2.75, 3.05) is 11.9 Å². The second kappa shape index (κ2) is 11.5. The van der Waals surface area contributed by atoms with E-state index in [0.29, 0.717) is 29.7 Å². The Kier molecular flexibility index (Phi) is 8.53. The quantitative estimate of drug-likeness (QED) is 0.264. The van der Waals surface area contributed by atoms with Gasteiger partial charge in [0.05, 0.1) is 12.8 Å². The van der Waals surface area contributed by atoms with Crippen LogP contribution in [0, 0.1) is 6.92 Å². The first-order valence-corrected chi connectivity index (χ1v) is 11.1. The van der Waals surface area contributed by atoms with E-state index in [-0.39, 0.29) is 0 Å². The van der Waals surface area contributed by atoms with E-state index in [9.17, 15) is 4.79 Å². The minimum atomic E-state index is -0.434. The van der Waals surface area contributed by atoms with E-state index in [4.69, 9.17) is 21.1 Å². The average molecular weight is 517 g/mol. The molecule has 0 saturated heterocycles. The molecule has 6 nitrogen and oxygen atoms in total. The number of rotatable bonds is 8. The number of amides is 2. The minimum Gasteiger partial charge on any atom is -0.490 e. The summed E-state index contributed by atoms with van der Waals surface area (Å²) in [7, 11) is 0. The summed E-state index contributed by atoms with van der Waals surface area (Å²) in [6.07, 6.45) is 1.53. The van der Waals surface area contributed by atoms with E-state index in [2.05, 4.69) is 31.8 Å². The third-order valence-electron chi connectivity index (χ3n) is 4.47. The van der Waals surface area contributed by atoms with Crippen LogP contribution in [0.2, 0.25) is 5.02 Å². The number of halogens is 2. The number of aryl methyl sites for hydroxylation is 1. The summed E-state index contributed by atoms with van der Waals surface area (Å²) in [5.41, 5.74) is 5.74. The number of carbonyl (C=O) groups is 1. The van der Waals surface area contributed by atoms with E-state index in [1.54, 1.807) is 12.1 Å². The molecular weight excluding hydrogens is 494 g/mol. The van der Waals surface area contributed by atoms with Gasteiger partial charge in [0.15, 0.2) is 11.5 Å². The van der Waals surface area contributed by atoms with E-state index in [0.717, 1.165) is 26.9 Å². The Balaban J connectivity index is 1.68. The number of hydrazone groups is 1. The smallest absolute Gasteiger partial charge is 0.339 e. The lowest BCUT2D eigenvalue weighted by atomic mass is 10.2. The summed E-state index contributed by atoms with van der Waals surface area (Å²) in [5.74, 6) is 1.13. The Morgan fingerprint density at radius 3 is 2.56 bits per heavy atom. The van der Waals surface area contributed by atoms with Crippen LogP contribution in [0.1, 0.15) is 23.6 Å². The van der Waals surface area contributed by atoms with Crippen molar-refractivity contribution in [1.29, 1.82) is 0 Å². The van der Waals surface area contributed by atoms with Gasteiger partial charge < -0.3 is 14.8 Å². The normalized spacial score (nSPS) is 10.8. The zero-order chi connectivity index (χ0) is 22.9. The molecule has 0 radical (unpaired) electrons. The van der Waals surface area contributed by atoms with Crippen LogP contribution in [0.3, 0.4) is 0 Å². The number of ether oxygens (including phenoxy) is 2. The molecule has 8 heteroatoms. The second-order valence-electron chi connectivity index (χ2n) is 6.77. The molecule has 3 aromatic rings. The first kappa shape index (κ1) is 23.6. The van der Waals surface area contributed by atoms with Crippen molar-refractivity contribution < 1.29 is 14.3 Å². The van der Waals surface area contributed by atoms with E-state index >= 15 is 0 Å². The van der Waals surface area contributed by atoms with Gasteiger partial charge in [-0.05, 0) is 59.6 Å². The van der Waals surface area contributed by atoms with Crippen LogP contribution in [0.4, 0.5) is 10.5 Å². The number of para-hydroxylation sites is 1. The molecule has 0 aliphatic rings. The summed E-state index contributed by atoms with van der Waals surface area (Å²) in [6, 6.07) is 18.2. The van der Waals surface area contributed by atoms with Crippen molar-refractivity contribution in [2.24, 2.45) is 5.10 Å². The third kappa shape index (κ3) is 6.48. The highest BCUT2D eigenvalue weighted by Gasteiger charge is 2.11. The molecule has 2 N–H and O–H groups in total. The molecule has 0 bridgehead atoms. The molecule has 0 saturated carbocycles. The van der Waals surface area contributed by atoms with Gasteiger partial charge in [0.1, 0.15) is 6.61 Å². The number of nitrogens with one attached hydrogen (secondary N) is 2. The Bertz CT molecular complexity index is 1120. The van der Waals surface area contributed by atoms with Crippen molar-refractivity contribution in [3.8, 4) is 11.5 Å². The predicted octanol–water partition coefficient (Wildman–Crippen LogP) is 6.54. The molecule has 0 atom stereocenters. The molecule has 0 aromatic heterocycles. The highest BCUT2D eigenvalue weighted by molar-refractivity contribution is 9.10. The molecular formula is C24H23BrClN3O3. The second-order valence-corrected chi connectivity index (χ2v) is 8.03. The van der Waals surface area contributed by atoms with Crippen LogP contribution in [0.15, 0.2) is 70.2 Å². The molecule has 0 aliphatic heterocycles. The van der Waals surface area contributed by atoms with Crippen LogP contribution >= 0.6 is 27.5 Å². The van der Waals surface area contributed by atoms with Gasteiger partial charge >= 0.3 is 6.03 Å². The number of benzene rings is 3. The monoisotopic (exact) mass is 515 g/mol. The highest BCUT2D eigenvalue weighted by Crippen LogP contribution is 2.34. The van der Waals surface area contributed by atoms with Gasteiger partial charge in [0, 0.05) is 26.3 Å². The molecule has 0 aliphatic carbocycles. The number of urea groups is 1. The molecule has 0 fully saturated rings. The number of nitrogens with zero attached hydrogens (tertiary/aromatic N) is 1. The number of anilines is 1. The fourth-order valence-electron chi connectivity index (χ4n) is 2.83. The van der Waals surface area contributed by atoms with Crippen molar-refractivity contribution >= 4 is 45.5 Å². The predicted molar refractivity (Wildman–Crippen MR) is 132 cm³/mol. The summed E-state index contributed by atoms with van der Waals surface area (Å²) in [4.78, 5) is 12.1. The highest BCUT2D eigenvalue weighted by atomic mass is 79.9. The van der Waals surface area contributed by atoms with E-state index < -0.39 is 6.03 Å². The van der Waals surface area contributed by atoms with Crippen LogP contribution in [0.25, 0.3) is 0 Å². The Hall–Kier alpha value is -3.03. The standard InChI is InChI=1S/C24H23BrClN3O3/c1-3-31-22-12-18(14-27-29-24(30)28-21-11-7-4-8-16(21)2)19(25)13-23(22)32-15-17-9-5-6-10-20(17)26/h4-14H,3,15H2,1-2H3,(H2,28,29,30). The summed E-state index contributed by atoms with van der Waals surface area (Å²) < 4.78 is 12.4. The van der Waals surface area contributed by atoms with Crippen LogP contribution < -0.4 is 20.2 Å². The molecule has 0 heterocycles. The maximum absolute atomic E-state index is 12.1. The maximum atomic E-state index is 12.1. The van der Waals surface area contributed by atoms with Gasteiger partial charge in [-0.25, -0.2) is 10.2 Å². The number of carbonyl (C=O) groups excluding carboxylic acids is 1. The molecule has 0 unspecified atom stereocenters. The van der Waals surface area contributed by atoms with Gasteiger partial charge in [0.25, 0.3) is 0 Å². The van der Waals surface area contributed by atoms with Crippen LogP contribution in [-0.4, -0.2) is 18.9 Å². The lowest BCUT2D eigenvalue weighted by Crippen LogP contribution is -2.24. The van der Waals surface area contributed by atoms with E-state index in [1.807, 2.05) is 62.4 Å². The molecule has 32 heavy (non-hydrogen) atoms. The lowest BCUT2D eigenvalue weighted by molar-refractivity contribution is 0.252. The first-order chi connectivity index (χ1) is 15.5. The Morgan fingerprint density at radius 2 is 1.81 bits per heavy atom. The van der Waals surface area contributed by atoms with Crippen molar-refractivity contribution in [1.82, 2.24) is 5.43 Å². The first-order valence-electron chi connectivity index (χ1n) is 9.96. The van der Waals surface area contributed by atoms with Gasteiger partial charge in [-0.15, -0.1) is 0 Å². The van der Waals surface area contributed by atoms with Gasteiger partial charge in [-0.1, -0.05) is 48.0 Å². The zero-order valence-electron chi connectivity index (χ0n) is 17.7. The number of hydrogen-bond donors (Lipinski definition) is 2. The van der Waals surface area contributed by atoms with Gasteiger partial charge in [-0.2, -0.15) is 5.10 Å².